The molecule has 0 spiro atoms. The first-order chi connectivity index (χ1) is 10.0. The lowest BCUT2D eigenvalue weighted by Crippen LogP contribution is -2.33. The highest BCUT2D eigenvalue weighted by atomic mass is 16.3. The molecule has 1 saturated carbocycles. The Balaban J connectivity index is 2.11. The first-order valence-corrected chi connectivity index (χ1v) is 6.37. The zero-order valence-electron chi connectivity index (χ0n) is 11.1. The van der Waals surface area contributed by atoms with Crippen LogP contribution in [0.15, 0.2) is 24.8 Å². The van der Waals surface area contributed by atoms with Crippen LogP contribution in [0.5, 0.6) is 0 Å². The smallest absolute Gasteiger partial charge is 0.165 e. The molecular formula is C13H14N6O2. The predicted octanol–water partition coefficient (Wildman–Crippen LogP) is -0.227. The second-order valence-corrected chi connectivity index (χ2v) is 5.12. The van der Waals surface area contributed by atoms with Gasteiger partial charge in [-0.3, -0.25) is 0 Å². The number of aliphatic hydroxyl groups excluding tert-OH is 2. The topological polar surface area (TPSA) is 134 Å². The average molecular weight is 286 g/mol. The van der Waals surface area contributed by atoms with Crippen LogP contribution in [0.2, 0.25) is 0 Å². The van der Waals surface area contributed by atoms with Crippen molar-refractivity contribution in [3.63, 3.8) is 0 Å². The molecule has 1 fully saturated rings. The number of nitrogen functional groups attached to an aromatic ring is 1. The van der Waals surface area contributed by atoms with Gasteiger partial charge in [-0.1, -0.05) is 6.58 Å². The molecule has 0 aliphatic heterocycles. The summed E-state index contributed by atoms with van der Waals surface area (Å²) in [6.07, 6.45) is 2.11. The van der Waals surface area contributed by atoms with E-state index in [9.17, 15) is 15.5 Å². The van der Waals surface area contributed by atoms with Crippen molar-refractivity contribution >= 4 is 17.0 Å². The quantitative estimate of drug-likeness (QED) is 0.649. The van der Waals surface area contributed by atoms with Crippen LogP contribution >= 0.6 is 0 Å². The van der Waals surface area contributed by atoms with Crippen molar-refractivity contribution in [1.82, 2.24) is 19.5 Å². The van der Waals surface area contributed by atoms with Crippen LogP contribution in [0, 0.1) is 16.7 Å². The fourth-order valence-corrected chi connectivity index (χ4v) is 2.83. The number of anilines is 1. The molecule has 0 saturated heterocycles. The number of aliphatic hydroxyl groups is 2. The third kappa shape index (κ3) is 1.65. The van der Waals surface area contributed by atoms with Crippen LogP contribution in [-0.4, -0.2) is 42.4 Å². The fourth-order valence-electron chi connectivity index (χ4n) is 2.83. The summed E-state index contributed by atoms with van der Waals surface area (Å²) in [7, 11) is 0. The molecule has 8 nitrogen and oxygen atoms in total. The van der Waals surface area contributed by atoms with Gasteiger partial charge in [-0.15, -0.1) is 0 Å². The summed E-state index contributed by atoms with van der Waals surface area (Å²) in [6, 6.07) is 1.60. The maximum Gasteiger partial charge on any atom is 0.165 e. The number of imidazole rings is 1. The van der Waals surface area contributed by atoms with E-state index in [2.05, 4.69) is 21.5 Å². The Labute approximate surface area is 120 Å². The number of rotatable bonds is 2. The molecule has 0 unspecified atom stereocenters. The molecule has 21 heavy (non-hydrogen) atoms. The van der Waals surface area contributed by atoms with Crippen molar-refractivity contribution in [3.05, 3.63) is 24.8 Å². The number of hydrogen-bond acceptors (Lipinski definition) is 7. The maximum atomic E-state index is 10.2. The van der Waals surface area contributed by atoms with Gasteiger partial charge in [0.25, 0.3) is 0 Å². The zero-order chi connectivity index (χ0) is 15.2. The number of hydrogen-bond donors (Lipinski definition) is 3. The van der Waals surface area contributed by atoms with E-state index in [1.807, 2.05) is 6.07 Å². The highest BCUT2D eigenvalue weighted by molar-refractivity contribution is 5.81. The number of nitrogens with two attached hydrogens (primary N) is 1. The third-order valence-electron chi connectivity index (χ3n) is 4.16. The second-order valence-electron chi connectivity index (χ2n) is 5.12. The first-order valence-electron chi connectivity index (χ1n) is 6.37. The molecule has 0 aromatic carbocycles. The summed E-state index contributed by atoms with van der Waals surface area (Å²) < 4.78 is 1.70. The van der Waals surface area contributed by atoms with Gasteiger partial charge < -0.3 is 20.5 Å². The molecule has 0 bridgehead atoms. The fraction of sp³-hybridized carbons (Fsp3) is 0.385. The first kappa shape index (κ1) is 13.5. The van der Waals surface area contributed by atoms with Gasteiger partial charge in [-0.05, 0) is 12.0 Å². The SMILES string of the molecule is C=C1[C@@H](n2cnc3c(N)ncnc32)C[C@H](O)[C@@]1(C#N)CO. The molecule has 3 atom stereocenters. The van der Waals surface area contributed by atoms with Gasteiger partial charge >= 0.3 is 0 Å². The van der Waals surface area contributed by atoms with Gasteiger partial charge in [0.05, 0.1) is 31.1 Å². The van der Waals surface area contributed by atoms with E-state index in [0.717, 1.165) is 0 Å². The standard InChI is InChI=1S/C13H14N6O2/c1-7-8(2-9(21)13(7,3-14)4-20)19-6-18-10-11(15)16-5-17-12(10)19/h5-6,8-9,20-21H,1-2,4H2,(H2,15,16,17)/t8-,9-,13-/m0/s1. The van der Waals surface area contributed by atoms with Crippen LogP contribution in [-0.2, 0) is 0 Å². The molecule has 2 heterocycles. The number of nitrogens with zero attached hydrogens (tertiary/aromatic N) is 5. The van der Waals surface area contributed by atoms with E-state index in [0.29, 0.717) is 16.7 Å². The van der Waals surface area contributed by atoms with Gasteiger partial charge in [-0.25, -0.2) is 15.0 Å². The molecule has 8 heteroatoms. The molecule has 0 amide bonds. The average Bonchev–Trinajstić information content (AvgIpc) is 3.00. The van der Waals surface area contributed by atoms with Crippen LogP contribution in [0.25, 0.3) is 11.2 Å². The highest BCUT2D eigenvalue weighted by Crippen LogP contribution is 2.48. The van der Waals surface area contributed by atoms with Crippen molar-refractivity contribution in [2.24, 2.45) is 5.41 Å². The van der Waals surface area contributed by atoms with Gasteiger partial charge in [0, 0.05) is 0 Å². The van der Waals surface area contributed by atoms with Gasteiger partial charge in [-0.2, -0.15) is 5.26 Å². The van der Waals surface area contributed by atoms with Gasteiger partial charge in [0.15, 0.2) is 11.5 Å². The number of fused-ring (bicyclic) bond motifs is 1. The minimum absolute atomic E-state index is 0.252. The Bertz CT molecular complexity index is 764. The molecular weight excluding hydrogens is 272 g/mol. The van der Waals surface area contributed by atoms with E-state index in [1.165, 1.54) is 12.7 Å². The summed E-state index contributed by atoms with van der Waals surface area (Å²) >= 11 is 0. The van der Waals surface area contributed by atoms with Crippen molar-refractivity contribution in [2.75, 3.05) is 12.3 Å². The van der Waals surface area contributed by atoms with Crippen molar-refractivity contribution in [2.45, 2.75) is 18.6 Å². The van der Waals surface area contributed by atoms with Gasteiger partial charge in [0.2, 0.25) is 0 Å². The Morgan fingerprint density at radius 1 is 1.52 bits per heavy atom. The van der Waals surface area contributed by atoms with E-state index in [1.54, 1.807) is 4.57 Å². The summed E-state index contributed by atoms with van der Waals surface area (Å²) in [5.41, 5.74) is 5.79. The maximum absolute atomic E-state index is 10.2. The summed E-state index contributed by atoms with van der Waals surface area (Å²) in [5, 5.41) is 29.0. The molecule has 2 aromatic heterocycles. The predicted molar refractivity (Wildman–Crippen MR) is 73.7 cm³/mol. The van der Waals surface area contributed by atoms with Crippen LogP contribution in [0.4, 0.5) is 5.82 Å². The monoisotopic (exact) mass is 286 g/mol. The van der Waals surface area contributed by atoms with E-state index >= 15 is 0 Å². The lowest BCUT2D eigenvalue weighted by Gasteiger charge is -2.24. The number of nitriles is 1. The van der Waals surface area contributed by atoms with Crippen LogP contribution in [0.3, 0.4) is 0 Å². The summed E-state index contributed by atoms with van der Waals surface area (Å²) in [5.74, 6) is 0.261. The Morgan fingerprint density at radius 3 is 2.90 bits per heavy atom. The Morgan fingerprint density at radius 2 is 2.29 bits per heavy atom. The molecule has 3 rings (SSSR count). The van der Waals surface area contributed by atoms with Crippen LogP contribution in [0.1, 0.15) is 12.5 Å². The molecule has 4 N–H and O–H groups in total. The Hall–Kier alpha value is -2.50. The summed E-state index contributed by atoms with van der Waals surface area (Å²) in [4.78, 5) is 12.2. The highest BCUT2D eigenvalue weighted by Gasteiger charge is 2.51. The molecule has 108 valence electrons. The van der Waals surface area contributed by atoms with Crippen molar-refractivity contribution in [3.8, 4) is 6.07 Å². The largest absolute Gasteiger partial charge is 0.394 e. The molecule has 0 radical (unpaired) electrons. The van der Waals surface area contributed by atoms with E-state index in [-0.39, 0.29) is 18.3 Å². The molecule has 2 aromatic rings. The normalized spacial score (nSPS) is 28.9. The lowest BCUT2D eigenvalue weighted by molar-refractivity contribution is 0.0623. The van der Waals surface area contributed by atoms with Crippen molar-refractivity contribution < 1.29 is 10.2 Å². The van der Waals surface area contributed by atoms with Crippen LogP contribution < -0.4 is 5.73 Å². The van der Waals surface area contributed by atoms with Crippen molar-refractivity contribution in [1.29, 1.82) is 5.26 Å². The minimum Gasteiger partial charge on any atom is -0.394 e. The minimum atomic E-state index is -1.36. The zero-order valence-corrected chi connectivity index (χ0v) is 11.1. The Kier molecular flexibility index (Phi) is 2.90. The molecule has 1 aliphatic rings. The second kappa shape index (κ2) is 4.51. The van der Waals surface area contributed by atoms with E-state index < -0.39 is 18.1 Å². The lowest BCUT2D eigenvalue weighted by atomic mass is 9.83. The van der Waals surface area contributed by atoms with Gasteiger partial charge in [0.1, 0.15) is 17.3 Å². The number of aromatic nitrogens is 4. The molecule has 1 aliphatic carbocycles. The van der Waals surface area contributed by atoms with E-state index in [4.69, 9.17) is 5.73 Å². The third-order valence-corrected chi connectivity index (χ3v) is 4.16. The summed E-state index contributed by atoms with van der Waals surface area (Å²) in [6.45, 7) is 3.42.